The molecule has 2 N–H and O–H groups in total. The Morgan fingerprint density at radius 1 is 1.26 bits per heavy atom. The minimum Gasteiger partial charge on any atom is -0.481 e. The van der Waals surface area contributed by atoms with E-state index in [1.165, 1.54) is 0 Å². The van der Waals surface area contributed by atoms with Crippen LogP contribution >= 0.6 is 0 Å². The van der Waals surface area contributed by atoms with Crippen LogP contribution in [0.5, 0.6) is 0 Å². The molecule has 19 heavy (non-hydrogen) atoms. The molecule has 2 atom stereocenters. The average molecular weight is 272 g/mol. The molecule has 0 radical (unpaired) electrons. The van der Waals surface area contributed by atoms with E-state index in [0.717, 1.165) is 0 Å². The number of rotatable bonds is 5. The molecule has 0 aromatic rings. The van der Waals surface area contributed by atoms with Gasteiger partial charge in [-0.25, -0.2) is 4.79 Å². The van der Waals surface area contributed by atoms with Crippen LogP contribution < -0.4 is 5.32 Å². The molecular weight excluding hydrogens is 252 g/mol. The van der Waals surface area contributed by atoms with Gasteiger partial charge in [0.1, 0.15) is 12.2 Å². The lowest BCUT2D eigenvalue weighted by Gasteiger charge is -2.18. The van der Waals surface area contributed by atoms with Crippen molar-refractivity contribution < 1.29 is 24.2 Å². The van der Waals surface area contributed by atoms with Gasteiger partial charge < -0.3 is 24.8 Å². The Bertz CT molecular complexity index is 357. The van der Waals surface area contributed by atoms with E-state index < -0.39 is 11.4 Å². The highest BCUT2D eigenvalue weighted by molar-refractivity contribution is 5.80. The van der Waals surface area contributed by atoms with E-state index in [0.29, 0.717) is 25.9 Å². The van der Waals surface area contributed by atoms with Crippen LogP contribution in [0.3, 0.4) is 0 Å². The van der Waals surface area contributed by atoms with Crippen LogP contribution in [-0.2, 0) is 14.3 Å². The van der Waals surface area contributed by atoms with Gasteiger partial charge in [-0.1, -0.05) is 0 Å². The summed E-state index contributed by atoms with van der Waals surface area (Å²) in [5.41, 5.74) is -0.739. The number of urea groups is 1. The maximum Gasteiger partial charge on any atom is 0.317 e. The zero-order valence-corrected chi connectivity index (χ0v) is 11.2. The van der Waals surface area contributed by atoms with Gasteiger partial charge in [0.05, 0.1) is 18.5 Å². The molecule has 1 aliphatic heterocycles. The molecule has 1 aliphatic carbocycles. The topological polar surface area (TPSA) is 88.1 Å². The Morgan fingerprint density at radius 3 is 2.16 bits per heavy atom. The first-order valence-corrected chi connectivity index (χ1v) is 6.34. The number of carboxylic acids is 1. The van der Waals surface area contributed by atoms with E-state index in [-0.39, 0.29) is 24.8 Å². The van der Waals surface area contributed by atoms with Gasteiger partial charge in [-0.2, -0.15) is 0 Å². The van der Waals surface area contributed by atoms with Gasteiger partial charge >= 0.3 is 12.0 Å². The summed E-state index contributed by atoms with van der Waals surface area (Å²) in [5.74, 6) is -0.834. The van der Waals surface area contributed by atoms with Crippen LogP contribution in [0.4, 0.5) is 4.79 Å². The standard InChI is InChI=1S/C12H20N2O5/c1-18-8-5-14(6-9(8)19-2)11(17)13-7-12(3-4-12)10(15)16/h8-9H,3-7H2,1-2H3,(H,13,17)(H,15,16). The van der Waals surface area contributed by atoms with Crippen molar-refractivity contribution in [1.29, 1.82) is 0 Å². The van der Waals surface area contributed by atoms with Gasteiger partial charge in [-0.15, -0.1) is 0 Å². The largest absolute Gasteiger partial charge is 0.481 e. The highest BCUT2D eigenvalue weighted by atomic mass is 16.5. The number of hydrogen-bond donors (Lipinski definition) is 2. The van der Waals surface area contributed by atoms with Gasteiger partial charge in [-0.05, 0) is 12.8 Å². The first-order valence-electron chi connectivity index (χ1n) is 6.34. The number of nitrogens with zero attached hydrogens (tertiary/aromatic N) is 1. The second-order valence-corrected chi connectivity index (χ2v) is 5.20. The fourth-order valence-corrected chi connectivity index (χ4v) is 2.34. The molecule has 2 aliphatic rings. The van der Waals surface area contributed by atoms with Crippen molar-refractivity contribution >= 4 is 12.0 Å². The van der Waals surface area contributed by atoms with E-state index in [1.54, 1.807) is 19.1 Å². The zero-order chi connectivity index (χ0) is 14.0. The molecule has 2 unspecified atom stereocenters. The number of amides is 2. The molecule has 2 fully saturated rings. The Labute approximate surface area is 111 Å². The SMILES string of the molecule is COC1CN(C(=O)NCC2(C(=O)O)CC2)CC1OC. The van der Waals surface area contributed by atoms with Crippen LogP contribution in [0.2, 0.25) is 0 Å². The fourth-order valence-electron chi connectivity index (χ4n) is 2.34. The number of methoxy groups -OCH3 is 2. The molecule has 0 aromatic carbocycles. The van der Waals surface area contributed by atoms with Crippen LogP contribution in [0.15, 0.2) is 0 Å². The lowest BCUT2D eigenvalue weighted by atomic mass is 10.1. The van der Waals surface area contributed by atoms with Crippen LogP contribution in [0.1, 0.15) is 12.8 Å². The van der Waals surface area contributed by atoms with E-state index in [1.807, 2.05) is 0 Å². The van der Waals surface area contributed by atoms with Crippen molar-refractivity contribution in [1.82, 2.24) is 10.2 Å². The summed E-state index contributed by atoms with van der Waals surface area (Å²) in [6.07, 6.45) is 0.990. The molecule has 0 bridgehead atoms. The summed E-state index contributed by atoms with van der Waals surface area (Å²) in [6.45, 7) is 1.11. The molecule has 2 rings (SSSR count). The quantitative estimate of drug-likeness (QED) is 0.730. The Kier molecular flexibility index (Phi) is 3.96. The number of carbonyl (C=O) groups is 2. The van der Waals surface area contributed by atoms with E-state index in [2.05, 4.69) is 5.32 Å². The lowest BCUT2D eigenvalue weighted by Crippen LogP contribution is -2.43. The smallest absolute Gasteiger partial charge is 0.317 e. The maximum absolute atomic E-state index is 12.0. The lowest BCUT2D eigenvalue weighted by molar-refractivity contribution is -0.143. The molecular formula is C12H20N2O5. The molecule has 7 heteroatoms. The summed E-state index contributed by atoms with van der Waals surface area (Å²) in [7, 11) is 3.17. The van der Waals surface area contributed by atoms with Crippen molar-refractivity contribution in [2.75, 3.05) is 33.9 Å². The molecule has 2 amide bonds. The van der Waals surface area contributed by atoms with Gasteiger partial charge in [0.2, 0.25) is 0 Å². The van der Waals surface area contributed by atoms with Crippen molar-refractivity contribution in [3.63, 3.8) is 0 Å². The predicted molar refractivity (Wildman–Crippen MR) is 65.9 cm³/mol. The average Bonchev–Trinajstić information content (AvgIpc) is 3.08. The molecule has 1 saturated carbocycles. The third-order valence-electron chi connectivity index (χ3n) is 3.99. The summed E-state index contributed by atoms with van der Waals surface area (Å²) in [5, 5.41) is 11.7. The Morgan fingerprint density at radius 2 is 1.79 bits per heavy atom. The first kappa shape index (κ1) is 14.1. The fraction of sp³-hybridized carbons (Fsp3) is 0.833. The zero-order valence-electron chi connectivity index (χ0n) is 11.2. The number of carbonyl (C=O) groups excluding carboxylic acids is 1. The van der Waals surface area contributed by atoms with E-state index >= 15 is 0 Å². The van der Waals surface area contributed by atoms with Gasteiger partial charge in [0.25, 0.3) is 0 Å². The Hall–Kier alpha value is -1.34. The summed E-state index contributed by atoms with van der Waals surface area (Å²) in [4.78, 5) is 24.6. The molecule has 0 aromatic heterocycles. The number of carboxylic acid groups (broad SMARTS) is 1. The van der Waals surface area contributed by atoms with Crippen LogP contribution in [-0.4, -0.2) is 68.1 Å². The highest BCUT2D eigenvalue weighted by Gasteiger charge is 2.50. The monoisotopic (exact) mass is 272 g/mol. The number of likely N-dealkylation sites (tertiary alicyclic amines) is 1. The third kappa shape index (κ3) is 2.82. The third-order valence-corrected chi connectivity index (χ3v) is 3.99. The van der Waals surface area contributed by atoms with Crippen molar-refractivity contribution in [3.05, 3.63) is 0 Å². The van der Waals surface area contributed by atoms with Crippen molar-refractivity contribution in [3.8, 4) is 0 Å². The van der Waals surface area contributed by atoms with Gasteiger partial charge in [-0.3, -0.25) is 4.79 Å². The Balaban J connectivity index is 1.83. The predicted octanol–water partition coefficient (Wildman–Crippen LogP) is -0.0936. The van der Waals surface area contributed by atoms with Crippen LogP contribution in [0, 0.1) is 5.41 Å². The summed E-state index contributed by atoms with van der Waals surface area (Å²) < 4.78 is 10.5. The minimum atomic E-state index is -0.834. The normalized spacial score (nSPS) is 28.2. The molecule has 0 spiro atoms. The van der Waals surface area contributed by atoms with E-state index in [9.17, 15) is 9.59 Å². The number of hydrogen-bond acceptors (Lipinski definition) is 4. The van der Waals surface area contributed by atoms with E-state index in [4.69, 9.17) is 14.6 Å². The highest BCUT2D eigenvalue weighted by Crippen LogP contribution is 2.45. The molecule has 108 valence electrons. The maximum atomic E-state index is 12.0. The van der Waals surface area contributed by atoms with Crippen LogP contribution in [0.25, 0.3) is 0 Å². The van der Waals surface area contributed by atoms with Crippen molar-refractivity contribution in [2.24, 2.45) is 5.41 Å². The van der Waals surface area contributed by atoms with Gasteiger partial charge in [0.15, 0.2) is 0 Å². The second-order valence-electron chi connectivity index (χ2n) is 5.20. The number of ether oxygens (including phenoxy) is 2. The first-order chi connectivity index (χ1) is 9.02. The molecule has 7 nitrogen and oxygen atoms in total. The summed E-state index contributed by atoms with van der Waals surface area (Å²) in [6, 6.07) is -0.255. The van der Waals surface area contributed by atoms with Crippen molar-refractivity contribution in [2.45, 2.75) is 25.0 Å². The van der Waals surface area contributed by atoms with Gasteiger partial charge in [0, 0.05) is 20.8 Å². The molecule has 1 saturated heterocycles. The molecule has 1 heterocycles. The minimum absolute atomic E-state index is 0.134. The number of nitrogens with one attached hydrogen (secondary N) is 1. The second kappa shape index (κ2) is 5.34. The summed E-state index contributed by atoms with van der Waals surface area (Å²) >= 11 is 0. The number of aliphatic carboxylic acids is 1.